The third-order valence-electron chi connectivity index (χ3n) is 2.66. The zero-order chi connectivity index (χ0) is 11.7. The predicted molar refractivity (Wildman–Crippen MR) is 62.8 cm³/mol. The number of nitrogens with zero attached hydrogens (tertiary/aromatic N) is 1. The van der Waals surface area contributed by atoms with Gasteiger partial charge in [0.05, 0.1) is 17.1 Å². The molecule has 1 saturated heterocycles. The molecule has 0 unspecified atom stereocenters. The molecule has 1 amide bonds. The number of anilines is 1. The van der Waals surface area contributed by atoms with E-state index in [4.69, 9.17) is 11.6 Å². The molecule has 1 aromatic carbocycles. The predicted octanol–water partition coefficient (Wildman–Crippen LogP) is 2.34. The van der Waals surface area contributed by atoms with Gasteiger partial charge >= 0.3 is 0 Å². The summed E-state index contributed by atoms with van der Waals surface area (Å²) in [6, 6.07) is 5.55. The number of Topliss-reactive ketones (excluding diaryl/α,β-unsaturated/α-hetero) is 1. The third-order valence-corrected chi connectivity index (χ3v) is 2.96. The van der Waals surface area contributed by atoms with Crippen LogP contribution in [0.4, 0.5) is 5.69 Å². The molecule has 1 fully saturated rings. The number of rotatable bonds is 1. The van der Waals surface area contributed by atoms with Gasteiger partial charge in [0.15, 0.2) is 0 Å². The zero-order valence-corrected chi connectivity index (χ0v) is 9.75. The number of piperidine rings is 1. The van der Waals surface area contributed by atoms with Gasteiger partial charge in [-0.15, -0.1) is 0 Å². The first-order valence-corrected chi connectivity index (χ1v) is 5.54. The van der Waals surface area contributed by atoms with Crippen molar-refractivity contribution in [1.82, 2.24) is 0 Å². The average molecular weight is 238 g/mol. The molecule has 0 aromatic heterocycles. The van der Waals surface area contributed by atoms with E-state index >= 15 is 0 Å². The number of hydrogen-bond donors (Lipinski definition) is 0. The monoisotopic (exact) mass is 237 g/mol. The van der Waals surface area contributed by atoms with E-state index in [-0.39, 0.29) is 18.1 Å². The van der Waals surface area contributed by atoms with Crippen LogP contribution in [-0.2, 0) is 9.59 Å². The second-order valence-electron chi connectivity index (χ2n) is 3.97. The maximum absolute atomic E-state index is 11.7. The first-order chi connectivity index (χ1) is 7.58. The molecular weight excluding hydrogens is 226 g/mol. The molecule has 1 aliphatic heterocycles. The van der Waals surface area contributed by atoms with Crippen molar-refractivity contribution in [3.05, 3.63) is 28.8 Å². The van der Waals surface area contributed by atoms with Crippen molar-refractivity contribution in [2.75, 3.05) is 11.4 Å². The maximum atomic E-state index is 11.7. The Kier molecular flexibility index (Phi) is 2.97. The number of amides is 1. The fourth-order valence-corrected chi connectivity index (χ4v) is 2.14. The lowest BCUT2D eigenvalue weighted by atomic mass is 10.1. The molecule has 3 nitrogen and oxygen atoms in total. The molecule has 2 rings (SSSR count). The van der Waals surface area contributed by atoms with Gasteiger partial charge in [-0.2, -0.15) is 0 Å². The van der Waals surface area contributed by atoms with Gasteiger partial charge in [-0.3, -0.25) is 9.59 Å². The molecule has 0 N–H and O–H groups in total. The molecule has 84 valence electrons. The summed E-state index contributed by atoms with van der Waals surface area (Å²) in [5.41, 5.74) is 1.75. The number of benzene rings is 1. The average Bonchev–Trinajstić information content (AvgIpc) is 2.19. The van der Waals surface area contributed by atoms with Crippen LogP contribution >= 0.6 is 11.6 Å². The van der Waals surface area contributed by atoms with Crippen LogP contribution in [0.15, 0.2) is 18.2 Å². The Morgan fingerprint density at radius 2 is 2.06 bits per heavy atom. The molecule has 0 bridgehead atoms. The van der Waals surface area contributed by atoms with Gasteiger partial charge in [0, 0.05) is 13.0 Å². The van der Waals surface area contributed by atoms with Gasteiger partial charge in [-0.25, -0.2) is 0 Å². The first-order valence-electron chi connectivity index (χ1n) is 5.16. The van der Waals surface area contributed by atoms with Crippen molar-refractivity contribution >= 4 is 29.0 Å². The molecule has 4 heteroatoms. The van der Waals surface area contributed by atoms with Gasteiger partial charge in [-0.05, 0) is 24.6 Å². The summed E-state index contributed by atoms with van der Waals surface area (Å²) in [7, 11) is 0. The SMILES string of the molecule is Cc1ccc(N2CCC(=O)CC2=O)c(Cl)c1. The van der Waals surface area contributed by atoms with Crippen LogP contribution in [0.1, 0.15) is 18.4 Å². The molecule has 1 heterocycles. The van der Waals surface area contributed by atoms with E-state index in [1.165, 1.54) is 0 Å². The molecule has 0 radical (unpaired) electrons. The summed E-state index contributed by atoms with van der Waals surface area (Å²) < 4.78 is 0. The summed E-state index contributed by atoms with van der Waals surface area (Å²) in [6.07, 6.45) is 0.403. The Labute approximate surface area is 99.0 Å². The number of carbonyl (C=O) groups excluding carboxylic acids is 2. The first kappa shape index (κ1) is 11.1. The zero-order valence-electron chi connectivity index (χ0n) is 9.00. The van der Waals surface area contributed by atoms with Gasteiger partial charge in [0.25, 0.3) is 0 Å². The van der Waals surface area contributed by atoms with Crippen LogP contribution < -0.4 is 4.90 Å². The molecule has 0 saturated carbocycles. The second kappa shape index (κ2) is 4.26. The van der Waals surface area contributed by atoms with Crippen molar-refractivity contribution < 1.29 is 9.59 Å². The summed E-state index contributed by atoms with van der Waals surface area (Å²) in [6.45, 7) is 2.37. The van der Waals surface area contributed by atoms with Crippen LogP contribution in [0.2, 0.25) is 5.02 Å². The quantitative estimate of drug-likeness (QED) is 0.703. The van der Waals surface area contributed by atoms with Gasteiger partial charge < -0.3 is 4.90 Å². The van der Waals surface area contributed by atoms with E-state index in [0.717, 1.165) is 5.56 Å². The van der Waals surface area contributed by atoms with Crippen molar-refractivity contribution in [2.24, 2.45) is 0 Å². The Morgan fingerprint density at radius 3 is 2.69 bits per heavy atom. The Bertz CT molecular complexity index is 456. The summed E-state index contributed by atoms with van der Waals surface area (Å²) in [4.78, 5) is 24.4. The minimum atomic E-state index is -0.165. The number of hydrogen-bond acceptors (Lipinski definition) is 2. The highest BCUT2D eigenvalue weighted by Gasteiger charge is 2.25. The molecule has 0 atom stereocenters. The van der Waals surface area contributed by atoms with E-state index in [1.807, 2.05) is 25.1 Å². The molecule has 16 heavy (non-hydrogen) atoms. The highest BCUT2D eigenvalue weighted by molar-refractivity contribution is 6.34. The topological polar surface area (TPSA) is 37.4 Å². The Morgan fingerprint density at radius 1 is 1.31 bits per heavy atom. The molecule has 0 aliphatic carbocycles. The Hall–Kier alpha value is -1.35. The highest BCUT2D eigenvalue weighted by atomic mass is 35.5. The number of aryl methyl sites for hydroxylation is 1. The summed E-state index contributed by atoms with van der Waals surface area (Å²) >= 11 is 6.09. The van der Waals surface area contributed by atoms with E-state index in [2.05, 4.69) is 0 Å². The van der Waals surface area contributed by atoms with E-state index in [0.29, 0.717) is 23.7 Å². The minimum absolute atomic E-state index is 0.00415. The molecule has 1 aliphatic rings. The standard InChI is InChI=1S/C12H12ClNO2/c1-8-2-3-11(10(13)6-8)14-5-4-9(15)7-12(14)16/h2-3,6H,4-5,7H2,1H3. The lowest BCUT2D eigenvalue weighted by Crippen LogP contribution is -2.39. The van der Waals surface area contributed by atoms with Crippen LogP contribution in [0.25, 0.3) is 0 Å². The van der Waals surface area contributed by atoms with E-state index in [9.17, 15) is 9.59 Å². The van der Waals surface area contributed by atoms with Crippen LogP contribution in [0, 0.1) is 6.92 Å². The van der Waals surface area contributed by atoms with Crippen LogP contribution in [-0.4, -0.2) is 18.2 Å². The van der Waals surface area contributed by atoms with Crippen LogP contribution in [0.3, 0.4) is 0 Å². The lowest BCUT2D eigenvalue weighted by molar-refractivity contribution is -0.128. The largest absolute Gasteiger partial charge is 0.310 e. The fourth-order valence-electron chi connectivity index (χ4n) is 1.80. The number of carbonyl (C=O) groups is 2. The highest BCUT2D eigenvalue weighted by Crippen LogP contribution is 2.28. The van der Waals surface area contributed by atoms with Crippen LogP contribution in [0.5, 0.6) is 0 Å². The van der Waals surface area contributed by atoms with E-state index in [1.54, 1.807) is 4.90 Å². The van der Waals surface area contributed by atoms with Crippen molar-refractivity contribution in [1.29, 1.82) is 0 Å². The number of halogens is 1. The molecule has 0 spiro atoms. The Balaban J connectivity index is 2.30. The third kappa shape index (κ3) is 2.09. The number of ketones is 1. The van der Waals surface area contributed by atoms with E-state index < -0.39 is 0 Å². The normalized spacial score (nSPS) is 16.8. The molecule has 1 aromatic rings. The molecular formula is C12H12ClNO2. The summed E-state index contributed by atoms with van der Waals surface area (Å²) in [5.74, 6) is -0.161. The second-order valence-corrected chi connectivity index (χ2v) is 4.37. The minimum Gasteiger partial charge on any atom is -0.310 e. The van der Waals surface area contributed by atoms with Crippen molar-refractivity contribution in [2.45, 2.75) is 19.8 Å². The van der Waals surface area contributed by atoms with Crippen molar-refractivity contribution in [3.8, 4) is 0 Å². The van der Waals surface area contributed by atoms with Gasteiger partial charge in [0.2, 0.25) is 5.91 Å². The maximum Gasteiger partial charge on any atom is 0.234 e. The van der Waals surface area contributed by atoms with Gasteiger partial charge in [-0.1, -0.05) is 17.7 Å². The summed E-state index contributed by atoms with van der Waals surface area (Å²) in [5, 5.41) is 0.558. The van der Waals surface area contributed by atoms with Crippen molar-refractivity contribution in [3.63, 3.8) is 0 Å². The fraction of sp³-hybridized carbons (Fsp3) is 0.333. The smallest absolute Gasteiger partial charge is 0.234 e. The van der Waals surface area contributed by atoms with Gasteiger partial charge in [0.1, 0.15) is 5.78 Å². The lowest BCUT2D eigenvalue weighted by Gasteiger charge is -2.27.